The van der Waals surface area contributed by atoms with Gasteiger partial charge in [0.2, 0.25) is 0 Å². The molecule has 0 heterocycles. The normalized spacial score (nSPS) is 14.2. The lowest BCUT2D eigenvalue weighted by Gasteiger charge is -2.16. The summed E-state index contributed by atoms with van der Waals surface area (Å²) in [5.74, 6) is -1.48. The van der Waals surface area contributed by atoms with Gasteiger partial charge in [-0.15, -0.1) is 0 Å². The molecule has 16 heavy (non-hydrogen) atoms. The van der Waals surface area contributed by atoms with E-state index < -0.39 is 24.0 Å². The van der Waals surface area contributed by atoms with Gasteiger partial charge >= 0.3 is 5.97 Å². The van der Waals surface area contributed by atoms with E-state index in [1.165, 1.54) is 18.2 Å². The molecule has 2 atom stereocenters. The van der Waals surface area contributed by atoms with Crippen LogP contribution in [0.3, 0.4) is 0 Å². The maximum atomic E-state index is 12.8. The van der Waals surface area contributed by atoms with E-state index in [9.17, 15) is 19.4 Å². The molecule has 4 nitrogen and oxygen atoms in total. The van der Waals surface area contributed by atoms with E-state index in [1.807, 2.05) is 0 Å². The van der Waals surface area contributed by atoms with E-state index >= 15 is 0 Å². The Morgan fingerprint density at radius 3 is 2.75 bits per heavy atom. The zero-order valence-electron chi connectivity index (χ0n) is 8.76. The summed E-state index contributed by atoms with van der Waals surface area (Å²) in [4.78, 5) is 11.1. The van der Waals surface area contributed by atoms with Crippen molar-refractivity contribution >= 4 is 5.97 Å². The smallest absolute Gasteiger partial charge is 0.338 e. The Labute approximate surface area is 92.3 Å². The van der Waals surface area contributed by atoms with Crippen LogP contribution in [0.1, 0.15) is 18.6 Å². The number of ether oxygens (including phenoxy) is 1. The van der Waals surface area contributed by atoms with Gasteiger partial charge in [0.25, 0.3) is 0 Å². The van der Waals surface area contributed by atoms with E-state index in [2.05, 4.69) is 4.74 Å². The number of hydrogen-bond donors (Lipinski definition) is 2. The van der Waals surface area contributed by atoms with Crippen molar-refractivity contribution in [1.82, 2.24) is 0 Å². The van der Waals surface area contributed by atoms with Crippen molar-refractivity contribution in [2.75, 3.05) is 6.61 Å². The van der Waals surface area contributed by atoms with Gasteiger partial charge < -0.3 is 14.9 Å². The van der Waals surface area contributed by atoms with Crippen LogP contribution in [0.15, 0.2) is 24.3 Å². The minimum absolute atomic E-state index is 0.103. The van der Waals surface area contributed by atoms with Gasteiger partial charge in [-0.2, -0.15) is 0 Å². The largest absolute Gasteiger partial charge is 0.464 e. The first-order valence-corrected chi connectivity index (χ1v) is 4.84. The van der Waals surface area contributed by atoms with E-state index in [0.29, 0.717) is 0 Å². The molecule has 0 aliphatic heterocycles. The zero-order chi connectivity index (χ0) is 12.1. The third-order valence-corrected chi connectivity index (χ3v) is 2.02. The van der Waals surface area contributed by atoms with Crippen LogP contribution in [0, 0.1) is 5.82 Å². The van der Waals surface area contributed by atoms with Gasteiger partial charge in [-0.3, -0.25) is 0 Å². The molecule has 0 spiro atoms. The topological polar surface area (TPSA) is 66.8 Å². The molecule has 88 valence electrons. The summed E-state index contributed by atoms with van der Waals surface area (Å²) in [5.41, 5.74) is 0.126. The van der Waals surface area contributed by atoms with Crippen LogP contribution in [-0.2, 0) is 9.53 Å². The fraction of sp³-hybridized carbons (Fsp3) is 0.364. The van der Waals surface area contributed by atoms with E-state index in [0.717, 1.165) is 6.07 Å². The van der Waals surface area contributed by atoms with Crippen LogP contribution >= 0.6 is 0 Å². The van der Waals surface area contributed by atoms with Crippen molar-refractivity contribution in [3.63, 3.8) is 0 Å². The minimum Gasteiger partial charge on any atom is -0.464 e. The molecule has 0 bridgehead atoms. The van der Waals surface area contributed by atoms with Gasteiger partial charge in [0.1, 0.15) is 11.9 Å². The highest BCUT2D eigenvalue weighted by molar-refractivity contribution is 5.75. The quantitative estimate of drug-likeness (QED) is 0.747. The molecule has 2 unspecified atom stereocenters. The first-order valence-electron chi connectivity index (χ1n) is 4.84. The molecule has 2 N–H and O–H groups in total. The summed E-state index contributed by atoms with van der Waals surface area (Å²) < 4.78 is 17.4. The summed E-state index contributed by atoms with van der Waals surface area (Å²) in [7, 11) is 0. The number of esters is 1. The van der Waals surface area contributed by atoms with Crippen molar-refractivity contribution in [1.29, 1.82) is 0 Å². The zero-order valence-corrected chi connectivity index (χ0v) is 8.76. The molecular formula is C11H13FO4. The van der Waals surface area contributed by atoms with Crippen molar-refractivity contribution < 1.29 is 24.1 Å². The molecule has 0 aliphatic carbocycles. The average molecular weight is 228 g/mol. The predicted octanol–water partition coefficient (Wildman–Crippen LogP) is 0.783. The van der Waals surface area contributed by atoms with Gasteiger partial charge in [-0.1, -0.05) is 12.1 Å². The van der Waals surface area contributed by atoms with Crippen molar-refractivity contribution in [3.8, 4) is 0 Å². The molecule has 0 saturated heterocycles. The second-order valence-corrected chi connectivity index (χ2v) is 3.20. The lowest BCUT2D eigenvalue weighted by atomic mass is 10.0. The van der Waals surface area contributed by atoms with Crippen LogP contribution in [-0.4, -0.2) is 28.9 Å². The first kappa shape index (κ1) is 12.6. The lowest BCUT2D eigenvalue weighted by molar-refractivity contribution is -0.159. The van der Waals surface area contributed by atoms with E-state index in [4.69, 9.17) is 0 Å². The number of hydrogen-bond acceptors (Lipinski definition) is 4. The third kappa shape index (κ3) is 3.01. The van der Waals surface area contributed by atoms with Crippen LogP contribution < -0.4 is 0 Å². The highest BCUT2D eigenvalue weighted by Crippen LogP contribution is 2.18. The maximum absolute atomic E-state index is 12.8. The van der Waals surface area contributed by atoms with Crippen LogP contribution in [0.4, 0.5) is 4.39 Å². The van der Waals surface area contributed by atoms with Gasteiger partial charge in [0.05, 0.1) is 6.61 Å². The number of carbonyl (C=O) groups is 1. The van der Waals surface area contributed by atoms with E-state index in [-0.39, 0.29) is 12.2 Å². The monoisotopic (exact) mass is 228 g/mol. The molecule has 1 rings (SSSR count). The Morgan fingerprint density at radius 2 is 2.19 bits per heavy atom. The molecule has 0 amide bonds. The minimum atomic E-state index is -1.71. The van der Waals surface area contributed by atoms with Crippen molar-refractivity contribution in [3.05, 3.63) is 35.6 Å². The molecule has 0 saturated carbocycles. The highest BCUT2D eigenvalue weighted by atomic mass is 19.1. The summed E-state index contributed by atoms with van der Waals surface area (Å²) in [6, 6.07) is 5.04. The third-order valence-electron chi connectivity index (χ3n) is 2.02. The molecule has 0 radical (unpaired) electrons. The summed E-state index contributed by atoms with van der Waals surface area (Å²) >= 11 is 0. The predicted molar refractivity (Wildman–Crippen MR) is 54.0 cm³/mol. The van der Waals surface area contributed by atoms with Crippen molar-refractivity contribution in [2.45, 2.75) is 19.1 Å². The number of aliphatic hydroxyl groups excluding tert-OH is 2. The fourth-order valence-electron chi connectivity index (χ4n) is 1.23. The average Bonchev–Trinajstić information content (AvgIpc) is 2.27. The molecule has 0 fully saturated rings. The molecule has 5 heteroatoms. The van der Waals surface area contributed by atoms with Gasteiger partial charge in [0, 0.05) is 0 Å². The Balaban J connectivity index is 2.77. The maximum Gasteiger partial charge on any atom is 0.338 e. The standard InChI is InChI=1S/C11H13FO4/c1-2-16-11(15)10(14)9(13)7-4-3-5-8(12)6-7/h3-6,9-10,13-14H,2H2,1H3. The summed E-state index contributed by atoms with van der Waals surface area (Å²) in [6.07, 6.45) is -3.20. The summed E-state index contributed by atoms with van der Waals surface area (Å²) in [6.45, 7) is 1.69. The summed E-state index contributed by atoms with van der Waals surface area (Å²) in [5, 5.41) is 19.0. The van der Waals surface area contributed by atoms with Gasteiger partial charge in [0.15, 0.2) is 6.10 Å². The lowest BCUT2D eigenvalue weighted by Crippen LogP contribution is -2.29. The van der Waals surface area contributed by atoms with Crippen LogP contribution in [0.25, 0.3) is 0 Å². The van der Waals surface area contributed by atoms with Gasteiger partial charge in [-0.25, -0.2) is 9.18 Å². The molecular weight excluding hydrogens is 215 g/mol. The number of aliphatic hydroxyl groups is 2. The number of rotatable bonds is 4. The van der Waals surface area contributed by atoms with Crippen LogP contribution in [0.2, 0.25) is 0 Å². The van der Waals surface area contributed by atoms with Gasteiger partial charge in [-0.05, 0) is 24.6 Å². The molecule has 1 aromatic rings. The molecule has 1 aromatic carbocycles. The van der Waals surface area contributed by atoms with Crippen LogP contribution in [0.5, 0.6) is 0 Å². The second-order valence-electron chi connectivity index (χ2n) is 3.20. The number of carbonyl (C=O) groups excluding carboxylic acids is 1. The molecule has 0 aliphatic rings. The fourth-order valence-corrected chi connectivity index (χ4v) is 1.23. The Kier molecular flexibility index (Phi) is 4.39. The second kappa shape index (κ2) is 5.58. The SMILES string of the molecule is CCOC(=O)C(O)C(O)c1cccc(F)c1. The van der Waals surface area contributed by atoms with E-state index in [1.54, 1.807) is 6.92 Å². The first-order chi connectivity index (χ1) is 7.56. The van der Waals surface area contributed by atoms with Crippen molar-refractivity contribution in [2.24, 2.45) is 0 Å². The number of halogens is 1. The highest BCUT2D eigenvalue weighted by Gasteiger charge is 2.26. The molecule has 0 aromatic heterocycles. The Morgan fingerprint density at radius 1 is 1.50 bits per heavy atom. The Hall–Kier alpha value is -1.46. The number of benzene rings is 1. The Bertz CT molecular complexity index is 367.